The van der Waals surface area contributed by atoms with Crippen LogP contribution in [0.15, 0.2) is 48.5 Å². The molecule has 0 spiro atoms. The van der Waals surface area contributed by atoms with Crippen LogP contribution in [-0.4, -0.2) is 32.2 Å². The molecular formula is C23H27Cl2N2O2+. The topological polar surface area (TPSA) is 42.8 Å². The minimum atomic E-state index is -0.149. The first kappa shape index (κ1) is 21.8. The number of amides is 1. The van der Waals surface area contributed by atoms with Crippen molar-refractivity contribution in [1.82, 2.24) is 5.32 Å². The van der Waals surface area contributed by atoms with Crippen molar-refractivity contribution in [2.24, 2.45) is 0 Å². The number of hydrogen-bond acceptors (Lipinski definition) is 2. The summed E-state index contributed by atoms with van der Waals surface area (Å²) >= 11 is 11.9. The van der Waals surface area contributed by atoms with E-state index in [0.29, 0.717) is 22.6 Å². The summed E-state index contributed by atoms with van der Waals surface area (Å²) in [4.78, 5) is 13.6. The second kappa shape index (κ2) is 10.8. The smallest absolute Gasteiger partial charge is 0.244 e. The van der Waals surface area contributed by atoms with Gasteiger partial charge in [-0.25, -0.2) is 0 Å². The molecule has 4 nitrogen and oxygen atoms in total. The molecule has 2 aromatic rings. The molecule has 1 atom stereocenters. The largest absolute Gasteiger partial charge is 0.381 e. The van der Waals surface area contributed by atoms with E-state index in [9.17, 15) is 4.79 Å². The SMILES string of the molecule is C[NH+](Cc1ccc(CNC(=O)C=Cc2ccc(Cl)c(Cl)c2)cc1)C1CCOCC1. The van der Waals surface area contributed by atoms with Gasteiger partial charge in [0.2, 0.25) is 5.91 Å². The number of carbonyl (C=O) groups is 1. The summed E-state index contributed by atoms with van der Waals surface area (Å²) in [7, 11) is 2.25. The third kappa shape index (κ3) is 6.86. The number of halogens is 2. The molecule has 154 valence electrons. The van der Waals surface area contributed by atoms with Crippen LogP contribution >= 0.6 is 23.2 Å². The van der Waals surface area contributed by atoms with E-state index in [1.807, 2.05) is 6.07 Å². The number of ether oxygens (including phenoxy) is 1. The van der Waals surface area contributed by atoms with Crippen molar-refractivity contribution in [3.8, 4) is 0 Å². The van der Waals surface area contributed by atoms with Crippen LogP contribution in [0, 0.1) is 0 Å². The summed E-state index contributed by atoms with van der Waals surface area (Å²) in [6.45, 7) is 3.25. The Hall–Kier alpha value is -1.85. The molecule has 0 bridgehead atoms. The quantitative estimate of drug-likeness (QED) is 0.655. The van der Waals surface area contributed by atoms with E-state index in [1.54, 1.807) is 18.2 Å². The molecule has 0 aliphatic carbocycles. The van der Waals surface area contributed by atoms with Crippen LogP contribution in [0.2, 0.25) is 10.0 Å². The van der Waals surface area contributed by atoms with Crippen molar-refractivity contribution in [3.05, 3.63) is 75.3 Å². The lowest BCUT2D eigenvalue weighted by Crippen LogP contribution is -3.12. The predicted molar refractivity (Wildman–Crippen MR) is 118 cm³/mol. The van der Waals surface area contributed by atoms with E-state index in [1.165, 1.54) is 16.5 Å². The summed E-state index contributed by atoms with van der Waals surface area (Å²) in [5.41, 5.74) is 3.22. The molecule has 3 rings (SSSR count). The number of benzene rings is 2. The summed E-state index contributed by atoms with van der Waals surface area (Å²) in [6.07, 6.45) is 5.48. The maximum Gasteiger partial charge on any atom is 0.244 e. The van der Waals surface area contributed by atoms with Gasteiger partial charge >= 0.3 is 0 Å². The molecule has 2 N–H and O–H groups in total. The molecule has 0 saturated carbocycles. The van der Waals surface area contributed by atoms with E-state index in [4.69, 9.17) is 27.9 Å². The van der Waals surface area contributed by atoms with Gasteiger partial charge in [0, 0.05) is 31.0 Å². The van der Waals surface area contributed by atoms with Crippen molar-refractivity contribution >= 4 is 35.2 Å². The first-order valence-corrected chi connectivity index (χ1v) is 10.7. The summed E-state index contributed by atoms with van der Waals surface area (Å²) < 4.78 is 5.45. The van der Waals surface area contributed by atoms with Gasteiger partial charge in [0.05, 0.1) is 36.3 Å². The van der Waals surface area contributed by atoms with Gasteiger partial charge in [-0.15, -0.1) is 0 Å². The Morgan fingerprint density at radius 2 is 1.79 bits per heavy atom. The molecule has 1 amide bonds. The van der Waals surface area contributed by atoms with Crippen LogP contribution in [0.25, 0.3) is 6.08 Å². The lowest BCUT2D eigenvalue weighted by atomic mass is 10.1. The van der Waals surface area contributed by atoms with E-state index in [-0.39, 0.29) is 5.91 Å². The van der Waals surface area contributed by atoms with Gasteiger partial charge in [0.1, 0.15) is 6.54 Å². The fourth-order valence-corrected chi connectivity index (χ4v) is 3.77. The Bertz CT molecular complexity index is 846. The van der Waals surface area contributed by atoms with Crippen LogP contribution in [0.4, 0.5) is 0 Å². The van der Waals surface area contributed by atoms with Gasteiger partial charge in [-0.2, -0.15) is 0 Å². The molecule has 1 heterocycles. The Kier molecular flexibility index (Phi) is 8.13. The Morgan fingerprint density at radius 1 is 1.10 bits per heavy atom. The highest BCUT2D eigenvalue weighted by atomic mass is 35.5. The minimum Gasteiger partial charge on any atom is -0.381 e. The molecule has 1 aliphatic rings. The zero-order valence-electron chi connectivity index (χ0n) is 16.6. The summed E-state index contributed by atoms with van der Waals surface area (Å²) in [5.74, 6) is -0.149. The van der Waals surface area contributed by atoms with Crippen LogP contribution in [0.1, 0.15) is 29.5 Å². The third-order valence-corrected chi connectivity index (χ3v) is 6.00. The average molecular weight is 434 g/mol. The van der Waals surface area contributed by atoms with Crippen LogP contribution in [0.5, 0.6) is 0 Å². The van der Waals surface area contributed by atoms with Crippen molar-refractivity contribution in [3.63, 3.8) is 0 Å². The predicted octanol–water partition coefficient (Wildman–Crippen LogP) is 3.52. The summed E-state index contributed by atoms with van der Waals surface area (Å²) in [6, 6.07) is 14.4. The lowest BCUT2D eigenvalue weighted by molar-refractivity contribution is -0.921. The monoisotopic (exact) mass is 433 g/mol. The number of carbonyl (C=O) groups excluding carboxylic acids is 1. The first-order valence-electron chi connectivity index (χ1n) is 9.90. The average Bonchev–Trinajstić information content (AvgIpc) is 2.74. The van der Waals surface area contributed by atoms with Crippen LogP contribution in [-0.2, 0) is 22.6 Å². The second-order valence-electron chi connectivity index (χ2n) is 7.45. The molecule has 1 aliphatic heterocycles. The normalized spacial score (nSPS) is 16.1. The van der Waals surface area contributed by atoms with Gasteiger partial charge in [0.15, 0.2) is 0 Å². The van der Waals surface area contributed by atoms with Gasteiger partial charge in [-0.05, 0) is 29.3 Å². The van der Waals surface area contributed by atoms with Gasteiger partial charge < -0.3 is 15.0 Å². The Balaban J connectivity index is 1.46. The van der Waals surface area contributed by atoms with Gasteiger partial charge in [-0.3, -0.25) is 4.79 Å². The highest BCUT2D eigenvalue weighted by Crippen LogP contribution is 2.23. The number of nitrogens with one attached hydrogen (secondary N) is 2. The van der Waals surface area contributed by atoms with E-state index >= 15 is 0 Å². The highest BCUT2D eigenvalue weighted by molar-refractivity contribution is 6.42. The van der Waals surface area contributed by atoms with Crippen LogP contribution < -0.4 is 10.2 Å². The van der Waals surface area contributed by atoms with E-state index < -0.39 is 0 Å². The molecular weight excluding hydrogens is 407 g/mol. The van der Waals surface area contributed by atoms with Crippen LogP contribution in [0.3, 0.4) is 0 Å². The van der Waals surface area contributed by atoms with Gasteiger partial charge in [0.25, 0.3) is 0 Å². The molecule has 1 saturated heterocycles. The molecule has 1 unspecified atom stereocenters. The van der Waals surface area contributed by atoms with Gasteiger partial charge in [-0.1, -0.05) is 53.5 Å². The third-order valence-electron chi connectivity index (χ3n) is 5.26. The van der Waals surface area contributed by atoms with Crippen molar-refractivity contribution in [1.29, 1.82) is 0 Å². The maximum absolute atomic E-state index is 12.1. The fourth-order valence-electron chi connectivity index (χ4n) is 3.47. The standard InChI is InChI=1S/C23H26Cl2N2O2/c1-27(20-10-12-29-13-11-20)16-19-4-2-18(3-5-19)15-26-23(28)9-7-17-6-8-21(24)22(25)14-17/h2-9,14,20H,10-13,15-16H2,1H3,(H,26,28)/p+1. The Morgan fingerprint density at radius 3 is 2.48 bits per heavy atom. The maximum atomic E-state index is 12.1. The molecule has 2 aromatic carbocycles. The molecule has 0 radical (unpaired) electrons. The Labute approximate surface area is 182 Å². The van der Waals surface area contributed by atoms with E-state index in [0.717, 1.165) is 43.7 Å². The zero-order valence-corrected chi connectivity index (χ0v) is 18.1. The lowest BCUT2D eigenvalue weighted by Gasteiger charge is -2.28. The van der Waals surface area contributed by atoms with Crippen molar-refractivity contribution < 1.29 is 14.4 Å². The van der Waals surface area contributed by atoms with Crippen molar-refractivity contribution in [2.75, 3.05) is 20.3 Å². The molecule has 6 heteroatoms. The molecule has 1 fully saturated rings. The van der Waals surface area contributed by atoms with Crippen molar-refractivity contribution in [2.45, 2.75) is 32.0 Å². The van der Waals surface area contributed by atoms with E-state index in [2.05, 4.69) is 36.6 Å². The number of quaternary nitrogens is 1. The first-order chi connectivity index (χ1) is 14.0. The zero-order chi connectivity index (χ0) is 20.6. The second-order valence-corrected chi connectivity index (χ2v) is 8.27. The molecule has 0 aromatic heterocycles. The molecule has 29 heavy (non-hydrogen) atoms. The number of hydrogen-bond donors (Lipinski definition) is 2. The summed E-state index contributed by atoms with van der Waals surface area (Å²) in [5, 5.41) is 3.87. The highest BCUT2D eigenvalue weighted by Gasteiger charge is 2.21. The fraction of sp³-hybridized carbons (Fsp3) is 0.348. The minimum absolute atomic E-state index is 0.149. The number of rotatable bonds is 7.